The van der Waals surface area contributed by atoms with E-state index < -0.39 is 8.32 Å². The van der Waals surface area contributed by atoms with Gasteiger partial charge in [-0.1, -0.05) is 32.5 Å². The smallest absolute Gasteiger partial charge is 0.192 e. The van der Waals surface area contributed by atoms with Crippen molar-refractivity contribution in [2.75, 3.05) is 6.26 Å². The van der Waals surface area contributed by atoms with E-state index in [0.29, 0.717) is 6.61 Å². The zero-order valence-electron chi connectivity index (χ0n) is 11.6. The molecule has 0 aromatic carbocycles. The summed E-state index contributed by atoms with van der Waals surface area (Å²) < 4.78 is 6.12. The Bertz CT molecular complexity index is 377. The Hall–Kier alpha value is -0.393. The average Bonchev–Trinajstić information content (AvgIpc) is 2.25. The van der Waals surface area contributed by atoms with E-state index in [9.17, 15) is 0 Å². The molecule has 0 atom stereocenters. The molecule has 3 nitrogen and oxygen atoms in total. The zero-order valence-corrected chi connectivity index (χ0v) is 13.4. The molecule has 17 heavy (non-hydrogen) atoms. The molecule has 0 spiro atoms. The van der Waals surface area contributed by atoms with Gasteiger partial charge in [0.25, 0.3) is 0 Å². The third-order valence-corrected chi connectivity index (χ3v) is 8.30. The van der Waals surface area contributed by atoms with Crippen molar-refractivity contribution in [1.29, 1.82) is 0 Å². The van der Waals surface area contributed by atoms with Crippen molar-refractivity contribution < 1.29 is 4.43 Å². The first-order chi connectivity index (χ1) is 7.76. The fourth-order valence-electron chi connectivity index (χ4n) is 1.03. The molecule has 0 aliphatic carbocycles. The van der Waals surface area contributed by atoms with Crippen LogP contribution in [0.5, 0.6) is 0 Å². The van der Waals surface area contributed by atoms with Gasteiger partial charge >= 0.3 is 0 Å². The lowest BCUT2D eigenvalue weighted by atomic mass is 10.2. The van der Waals surface area contributed by atoms with Crippen LogP contribution in [0.2, 0.25) is 18.1 Å². The summed E-state index contributed by atoms with van der Waals surface area (Å²) in [4.78, 5) is 8.58. The number of nitrogens with zero attached hydrogens (tertiary/aromatic N) is 2. The van der Waals surface area contributed by atoms with Crippen LogP contribution in [0.15, 0.2) is 17.4 Å². The summed E-state index contributed by atoms with van der Waals surface area (Å²) in [6.45, 7) is 11.8. The van der Waals surface area contributed by atoms with E-state index in [4.69, 9.17) is 4.43 Å². The highest BCUT2D eigenvalue weighted by Crippen LogP contribution is 2.36. The minimum atomic E-state index is -1.68. The molecule has 0 aliphatic heterocycles. The Morgan fingerprint density at radius 3 is 2.53 bits per heavy atom. The number of hydrogen-bond donors (Lipinski definition) is 0. The van der Waals surface area contributed by atoms with Crippen molar-refractivity contribution in [2.24, 2.45) is 0 Å². The van der Waals surface area contributed by atoms with Crippen LogP contribution in [-0.2, 0) is 11.0 Å². The third kappa shape index (κ3) is 4.08. The number of thioether (sulfide) groups is 1. The summed E-state index contributed by atoms with van der Waals surface area (Å²) in [5.74, 6) is 0. The van der Waals surface area contributed by atoms with Gasteiger partial charge in [-0.3, -0.25) is 0 Å². The Kier molecular flexibility index (Phi) is 4.74. The van der Waals surface area contributed by atoms with Gasteiger partial charge in [0, 0.05) is 6.20 Å². The summed E-state index contributed by atoms with van der Waals surface area (Å²) in [6.07, 6.45) is 3.77. The third-order valence-electron chi connectivity index (χ3n) is 3.26. The van der Waals surface area contributed by atoms with Crippen LogP contribution in [0.4, 0.5) is 0 Å². The van der Waals surface area contributed by atoms with Crippen LogP contribution in [0.3, 0.4) is 0 Å². The van der Waals surface area contributed by atoms with E-state index in [-0.39, 0.29) is 5.04 Å². The summed E-state index contributed by atoms with van der Waals surface area (Å²) in [5.41, 5.74) is 0.967. The Labute approximate surface area is 110 Å². The minimum absolute atomic E-state index is 0.238. The van der Waals surface area contributed by atoms with Crippen LogP contribution < -0.4 is 0 Å². The quantitative estimate of drug-likeness (QED) is 0.474. The lowest BCUT2D eigenvalue weighted by molar-refractivity contribution is 0.271. The van der Waals surface area contributed by atoms with Gasteiger partial charge in [-0.2, -0.15) is 0 Å². The molecule has 1 aromatic heterocycles. The van der Waals surface area contributed by atoms with Gasteiger partial charge < -0.3 is 4.43 Å². The predicted octanol–water partition coefficient (Wildman–Crippen LogP) is 3.72. The minimum Gasteiger partial charge on any atom is -0.411 e. The lowest BCUT2D eigenvalue weighted by Crippen LogP contribution is -2.40. The fraction of sp³-hybridized carbons (Fsp3) is 0.667. The number of rotatable bonds is 4. The normalized spacial score (nSPS) is 12.8. The molecule has 1 rings (SSSR count). The second-order valence-electron chi connectivity index (χ2n) is 5.58. The summed E-state index contributed by atoms with van der Waals surface area (Å²) in [6, 6.07) is 1.92. The highest BCUT2D eigenvalue weighted by Gasteiger charge is 2.37. The largest absolute Gasteiger partial charge is 0.411 e. The highest BCUT2D eigenvalue weighted by molar-refractivity contribution is 7.98. The van der Waals surface area contributed by atoms with Crippen molar-refractivity contribution >= 4 is 20.1 Å². The molecule has 0 amide bonds. The Morgan fingerprint density at radius 2 is 2.00 bits per heavy atom. The fourth-order valence-corrected chi connectivity index (χ4v) is 2.34. The monoisotopic (exact) mass is 270 g/mol. The van der Waals surface area contributed by atoms with Gasteiger partial charge in [-0.15, -0.1) is 0 Å². The van der Waals surface area contributed by atoms with E-state index in [1.54, 1.807) is 18.0 Å². The summed E-state index contributed by atoms with van der Waals surface area (Å²) >= 11 is 1.56. The molecule has 0 radical (unpaired) electrons. The molecular weight excluding hydrogens is 248 g/mol. The molecule has 1 aromatic rings. The van der Waals surface area contributed by atoms with E-state index in [0.717, 1.165) is 10.9 Å². The standard InChI is InChI=1S/C12H22N2OSSi/c1-12(2,3)17(5,6)15-9-10-7-8-13-11(14-10)16-4/h7-8H,9H2,1-6H3. The van der Waals surface area contributed by atoms with Crippen LogP contribution in [0.25, 0.3) is 0 Å². The van der Waals surface area contributed by atoms with Gasteiger partial charge in [-0.05, 0) is 30.5 Å². The van der Waals surface area contributed by atoms with Gasteiger partial charge in [0.05, 0.1) is 12.3 Å². The van der Waals surface area contributed by atoms with E-state index >= 15 is 0 Å². The first-order valence-electron chi connectivity index (χ1n) is 5.76. The first kappa shape index (κ1) is 14.7. The maximum atomic E-state index is 6.12. The summed E-state index contributed by atoms with van der Waals surface area (Å²) in [7, 11) is -1.68. The maximum absolute atomic E-state index is 6.12. The van der Waals surface area contributed by atoms with Gasteiger partial charge in [0.15, 0.2) is 13.5 Å². The average molecular weight is 270 g/mol. The van der Waals surface area contributed by atoms with Gasteiger partial charge in [-0.25, -0.2) is 9.97 Å². The van der Waals surface area contributed by atoms with Crippen molar-refractivity contribution in [3.8, 4) is 0 Å². The number of aromatic nitrogens is 2. The topological polar surface area (TPSA) is 35.0 Å². The zero-order chi connectivity index (χ0) is 13.1. The van der Waals surface area contributed by atoms with Gasteiger partial charge in [0.2, 0.25) is 0 Å². The van der Waals surface area contributed by atoms with E-state index in [1.807, 2.05) is 12.3 Å². The van der Waals surface area contributed by atoms with Gasteiger partial charge in [0.1, 0.15) is 0 Å². The van der Waals surface area contributed by atoms with Crippen LogP contribution >= 0.6 is 11.8 Å². The molecule has 1 heterocycles. The molecule has 0 fully saturated rings. The SMILES string of the molecule is CSc1nccc(CO[Si](C)(C)C(C)(C)C)n1. The second kappa shape index (κ2) is 5.50. The molecule has 0 aliphatic rings. The van der Waals surface area contributed by atoms with Crippen molar-refractivity contribution in [3.63, 3.8) is 0 Å². The second-order valence-corrected chi connectivity index (χ2v) is 11.2. The Morgan fingerprint density at radius 1 is 1.35 bits per heavy atom. The highest BCUT2D eigenvalue weighted by atomic mass is 32.2. The van der Waals surface area contributed by atoms with Crippen LogP contribution in [0.1, 0.15) is 26.5 Å². The molecular formula is C12H22N2OSSi. The predicted molar refractivity (Wildman–Crippen MR) is 75.8 cm³/mol. The van der Waals surface area contributed by atoms with Crippen LogP contribution in [0, 0.1) is 0 Å². The van der Waals surface area contributed by atoms with Crippen molar-refractivity contribution in [1.82, 2.24) is 9.97 Å². The van der Waals surface area contributed by atoms with E-state index in [2.05, 4.69) is 43.8 Å². The van der Waals surface area contributed by atoms with Crippen molar-refractivity contribution in [3.05, 3.63) is 18.0 Å². The molecule has 5 heteroatoms. The Balaban J connectivity index is 2.67. The molecule has 0 N–H and O–H groups in total. The first-order valence-corrected chi connectivity index (χ1v) is 9.89. The number of hydrogen-bond acceptors (Lipinski definition) is 4. The van der Waals surface area contributed by atoms with Crippen LogP contribution in [-0.4, -0.2) is 24.5 Å². The maximum Gasteiger partial charge on any atom is 0.192 e. The molecule has 96 valence electrons. The molecule has 0 saturated heterocycles. The molecule has 0 bridgehead atoms. The molecule has 0 unspecified atom stereocenters. The summed E-state index contributed by atoms with van der Waals surface area (Å²) in [5, 5.41) is 1.05. The van der Waals surface area contributed by atoms with Crippen molar-refractivity contribution in [2.45, 2.75) is 50.7 Å². The lowest BCUT2D eigenvalue weighted by Gasteiger charge is -2.36. The molecule has 0 saturated carbocycles. The van der Waals surface area contributed by atoms with E-state index in [1.165, 1.54) is 0 Å².